The van der Waals surface area contributed by atoms with Crippen LogP contribution in [-0.2, 0) is 20.9 Å². The molecule has 0 atom stereocenters. The topological polar surface area (TPSA) is 75.7 Å². The van der Waals surface area contributed by atoms with E-state index in [1.165, 1.54) is 31.4 Å². The lowest BCUT2D eigenvalue weighted by Crippen LogP contribution is -2.32. The molecule has 0 saturated heterocycles. The fraction of sp³-hybridized carbons (Fsp3) is 0.250. The number of halogens is 4. The first-order valence-electron chi connectivity index (χ1n) is 8.90. The van der Waals surface area contributed by atoms with Crippen molar-refractivity contribution in [1.29, 1.82) is 0 Å². The quantitative estimate of drug-likeness (QED) is 0.436. The summed E-state index contributed by atoms with van der Waals surface area (Å²) in [6.45, 7) is 3.62. The van der Waals surface area contributed by atoms with Crippen LogP contribution in [0.4, 0.5) is 18.9 Å². The minimum absolute atomic E-state index is 0.0154. The van der Waals surface area contributed by atoms with Gasteiger partial charge in [-0.2, -0.15) is 13.2 Å². The highest BCUT2D eigenvalue weighted by atomic mass is 35.5. The molecule has 6 nitrogen and oxygen atoms in total. The molecule has 0 bridgehead atoms. The summed E-state index contributed by atoms with van der Waals surface area (Å²) in [5, 5.41) is 2.37. The van der Waals surface area contributed by atoms with Gasteiger partial charge in [0, 0.05) is 19.2 Å². The number of carbonyl (C=O) groups is 1. The molecule has 0 aliphatic heterocycles. The largest absolute Gasteiger partial charge is 0.416 e. The second-order valence-electron chi connectivity index (χ2n) is 6.27. The number of nitrogens with zero attached hydrogens (tertiary/aromatic N) is 1. The maximum atomic E-state index is 13.3. The van der Waals surface area contributed by atoms with Gasteiger partial charge >= 0.3 is 6.18 Å². The molecule has 0 radical (unpaired) electrons. The normalized spacial score (nSPS) is 11.8. The summed E-state index contributed by atoms with van der Waals surface area (Å²) >= 11 is 6.08. The molecule has 0 unspecified atom stereocenters. The first-order valence-corrected chi connectivity index (χ1v) is 10.7. The van der Waals surface area contributed by atoms with Crippen LogP contribution >= 0.6 is 11.6 Å². The number of carbonyl (C=O) groups excluding carboxylic acids is 1. The Kier molecular flexibility index (Phi) is 8.10. The monoisotopic (exact) mass is 476 g/mol. The smallest absolute Gasteiger partial charge is 0.383 e. The Balaban J connectivity index is 2.51. The van der Waals surface area contributed by atoms with Crippen molar-refractivity contribution >= 4 is 33.2 Å². The van der Waals surface area contributed by atoms with E-state index < -0.39 is 32.6 Å². The Labute approximate surface area is 183 Å². The van der Waals surface area contributed by atoms with E-state index in [1.807, 2.05) is 0 Å². The van der Waals surface area contributed by atoms with E-state index in [1.54, 1.807) is 0 Å². The average molecular weight is 477 g/mol. The predicted octanol–water partition coefficient (Wildman–Crippen LogP) is 4.12. The third-order valence-corrected chi connectivity index (χ3v) is 6.38. The second-order valence-corrected chi connectivity index (χ2v) is 8.50. The Morgan fingerprint density at radius 3 is 2.58 bits per heavy atom. The van der Waals surface area contributed by atoms with E-state index in [2.05, 4.69) is 11.9 Å². The highest BCUT2D eigenvalue weighted by Crippen LogP contribution is 2.34. The van der Waals surface area contributed by atoms with Crippen molar-refractivity contribution in [2.45, 2.75) is 11.1 Å². The third kappa shape index (κ3) is 5.99. The lowest BCUT2D eigenvalue weighted by atomic mass is 10.2. The molecule has 0 saturated carbocycles. The molecule has 11 heteroatoms. The van der Waals surface area contributed by atoms with Crippen LogP contribution in [0.5, 0.6) is 0 Å². The minimum atomic E-state index is -4.66. The first kappa shape index (κ1) is 24.7. The lowest BCUT2D eigenvalue weighted by molar-refractivity contribution is -0.137. The Bertz CT molecular complexity index is 1060. The van der Waals surface area contributed by atoms with Gasteiger partial charge in [0.25, 0.3) is 15.9 Å². The van der Waals surface area contributed by atoms with Gasteiger partial charge < -0.3 is 10.1 Å². The van der Waals surface area contributed by atoms with Gasteiger partial charge in [0.1, 0.15) is 4.90 Å². The zero-order valence-electron chi connectivity index (χ0n) is 16.4. The number of sulfonamides is 1. The van der Waals surface area contributed by atoms with Crippen LogP contribution in [0.3, 0.4) is 0 Å². The highest BCUT2D eigenvalue weighted by Gasteiger charge is 2.33. The van der Waals surface area contributed by atoms with Crippen LogP contribution in [0, 0.1) is 0 Å². The number of hydrogen-bond donors (Lipinski definition) is 1. The molecule has 0 fully saturated rings. The van der Waals surface area contributed by atoms with Crippen molar-refractivity contribution in [1.82, 2.24) is 5.32 Å². The standard InChI is InChI=1S/C20H20ClF3N2O4S/c1-3-10-26(16-6-4-5-15(13-16)20(22,23)24)31(28,29)18-12-14(7-8-17(18)21)19(27)25-9-11-30-2/h3-8,12-13H,1,9-11H2,2H3,(H,25,27). The molecule has 0 spiro atoms. The highest BCUT2D eigenvalue weighted by molar-refractivity contribution is 7.93. The van der Waals surface area contributed by atoms with Gasteiger partial charge in [-0.3, -0.25) is 9.10 Å². The maximum Gasteiger partial charge on any atom is 0.416 e. The van der Waals surface area contributed by atoms with Crippen molar-refractivity contribution in [2.24, 2.45) is 0 Å². The predicted molar refractivity (Wildman–Crippen MR) is 112 cm³/mol. The van der Waals surface area contributed by atoms with Crippen LogP contribution < -0.4 is 9.62 Å². The molecule has 2 aromatic rings. The van der Waals surface area contributed by atoms with Crippen LogP contribution in [-0.4, -0.2) is 41.1 Å². The van der Waals surface area contributed by atoms with Gasteiger partial charge in [-0.05, 0) is 36.4 Å². The van der Waals surface area contributed by atoms with Crippen molar-refractivity contribution in [3.05, 3.63) is 71.3 Å². The number of amides is 1. The van der Waals surface area contributed by atoms with E-state index in [9.17, 15) is 26.4 Å². The molecular weight excluding hydrogens is 457 g/mol. The Morgan fingerprint density at radius 2 is 1.97 bits per heavy atom. The number of nitrogens with one attached hydrogen (secondary N) is 1. The van der Waals surface area contributed by atoms with E-state index in [4.69, 9.17) is 16.3 Å². The molecular formula is C20H20ClF3N2O4S. The molecule has 2 aromatic carbocycles. The zero-order valence-corrected chi connectivity index (χ0v) is 18.0. The first-order chi connectivity index (χ1) is 14.5. The van der Waals surface area contributed by atoms with Gasteiger partial charge in [0.15, 0.2) is 0 Å². The van der Waals surface area contributed by atoms with Crippen LogP contribution in [0.2, 0.25) is 5.02 Å². The molecule has 0 aliphatic rings. The van der Waals surface area contributed by atoms with Gasteiger partial charge in [-0.1, -0.05) is 23.7 Å². The van der Waals surface area contributed by atoms with Gasteiger partial charge in [0.2, 0.25) is 0 Å². The summed E-state index contributed by atoms with van der Waals surface area (Å²) in [5.41, 5.74) is -1.21. The number of rotatable bonds is 9. The minimum Gasteiger partial charge on any atom is -0.383 e. The van der Waals surface area contributed by atoms with Gasteiger partial charge in [0.05, 0.1) is 29.4 Å². The molecule has 1 amide bonds. The van der Waals surface area contributed by atoms with Gasteiger partial charge in [-0.15, -0.1) is 6.58 Å². The van der Waals surface area contributed by atoms with E-state index in [-0.39, 0.29) is 36.0 Å². The Morgan fingerprint density at radius 1 is 1.26 bits per heavy atom. The van der Waals surface area contributed by atoms with Crippen LogP contribution in [0.15, 0.2) is 60.0 Å². The molecule has 168 valence electrons. The fourth-order valence-corrected chi connectivity index (χ4v) is 4.56. The zero-order chi connectivity index (χ0) is 23.2. The number of alkyl halides is 3. The van der Waals surface area contributed by atoms with Crippen LogP contribution in [0.1, 0.15) is 15.9 Å². The average Bonchev–Trinajstić information content (AvgIpc) is 2.71. The molecule has 31 heavy (non-hydrogen) atoms. The summed E-state index contributed by atoms with van der Waals surface area (Å²) in [6.07, 6.45) is -3.43. The van der Waals surface area contributed by atoms with Gasteiger partial charge in [-0.25, -0.2) is 8.42 Å². The third-order valence-electron chi connectivity index (χ3n) is 4.11. The van der Waals surface area contributed by atoms with E-state index in [0.29, 0.717) is 0 Å². The molecule has 0 aliphatic carbocycles. The molecule has 0 aromatic heterocycles. The summed E-state index contributed by atoms with van der Waals surface area (Å²) in [5.74, 6) is -0.556. The molecule has 2 rings (SSSR count). The summed E-state index contributed by atoms with van der Waals surface area (Å²) in [6, 6.07) is 7.53. The fourth-order valence-electron chi connectivity index (χ4n) is 2.63. The van der Waals surface area contributed by atoms with E-state index in [0.717, 1.165) is 28.6 Å². The second kappa shape index (κ2) is 10.2. The number of anilines is 1. The number of methoxy groups -OCH3 is 1. The number of hydrogen-bond acceptors (Lipinski definition) is 4. The maximum absolute atomic E-state index is 13.3. The summed E-state index contributed by atoms with van der Waals surface area (Å²) in [4.78, 5) is 11.8. The van der Waals surface area contributed by atoms with Crippen molar-refractivity contribution < 1.29 is 31.1 Å². The van der Waals surface area contributed by atoms with Crippen LogP contribution in [0.25, 0.3) is 0 Å². The van der Waals surface area contributed by atoms with Crippen molar-refractivity contribution in [3.8, 4) is 0 Å². The van der Waals surface area contributed by atoms with Crippen molar-refractivity contribution in [2.75, 3.05) is 31.1 Å². The summed E-state index contributed by atoms with van der Waals surface area (Å²) < 4.78 is 71.5. The SMILES string of the molecule is C=CCN(c1cccc(C(F)(F)F)c1)S(=O)(=O)c1cc(C(=O)NCCOC)ccc1Cl. The summed E-state index contributed by atoms with van der Waals surface area (Å²) in [7, 11) is -2.97. The number of benzene rings is 2. The number of ether oxygens (including phenoxy) is 1. The Hall–Kier alpha value is -2.56. The van der Waals surface area contributed by atoms with E-state index >= 15 is 0 Å². The lowest BCUT2D eigenvalue weighted by Gasteiger charge is -2.24. The molecule has 1 N–H and O–H groups in total. The van der Waals surface area contributed by atoms with Crippen molar-refractivity contribution in [3.63, 3.8) is 0 Å². The molecule has 0 heterocycles.